The summed E-state index contributed by atoms with van der Waals surface area (Å²) in [5, 5.41) is 4.74. The van der Waals surface area contributed by atoms with Crippen molar-refractivity contribution in [3.63, 3.8) is 0 Å². The average Bonchev–Trinajstić information content (AvgIpc) is 3.45. The molecular formula is C25H27ClN4OS. The van der Waals surface area contributed by atoms with Gasteiger partial charge in [-0.3, -0.25) is 4.98 Å². The minimum absolute atomic E-state index is 0.0355. The summed E-state index contributed by atoms with van der Waals surface area (Å²) in [4.78, 5) is 6.79. The Morgan fingerprint density at radius 2 is 1.97 bits per heavy atom. The first-order valence-corrected chi connectivity index (χ1v) is 12.0. The zero-order valence-electron chi connectivity index (χ0n) is 18.1. The van der Waals surface area contributed by atoms with E-state index in [2.05, 4.69) is 44.3 Å². The second kappa shape index (κ2) is 9.12. The number of rotatable bonds is 5. The highest BCUT2D eigenvalue weighted by Gasteiger charge is 2.41. The Bertz CT molecular complexity index is 1100. The number of nitrogens with zero attached hydrogens (tertiary/aromatic N) is 3. The number of halogens is 1. The van der Waals surface area contributed by atoms with Crippen LogP contribution in [-0.2, 0) is 0 Å². The van der Waals surface area contributed by atoms with Crippen LogP contribution in [0.3, 0.4) is 0 Å². The molecule has 3 aromatic rings. The fourth-order valence-corrected chi connectivity index (χ4v) is 5.59. The average molecular weight is 467 g/mol. The van der Waals surface area contributed by atoms with Gasteiger partial charge in [0.25, 0.3) is 0 Å². The summed E-state index contributed by atoms with van der Waals surface area (Å²) in [5.41, 5.74) is 3.11. The minimum atomic E-state index is -0.0632. The van der Waals surface area contributed by atoms with Crippen LogP contribution in [0.2, 0.25) is 5.02 Å². The van der Waals surface area contributed by atoms with E-state index in [0.717, 1.165) is 11.4 Å². The van der Waals surface area contributed by atoms with Gasteiger partial charge in [0.05, 0.1) is 29.9 Å². The fraction of sp³-hybridized carbons (Fsp3) is 0.360. The van der Waals surface area contributed by atoms with E-state index in [0.29, 0.717) is 21.9 Å². The zero-order valence-corrected chi connectivity index (χ0v) is 19.6. The molecule has 1 saturated heterocycles. The third-order valence-electron chi connectivity index (χ3n) is 6.59. The highest BCUT2D eigenvalue weighted by Crippen LogP contribution is 2.43. The third kappa shape index (κ3) is 3.97. The Kier molecular flexibility index (Phi) is 6.07. The van der Waals surface area contributed by atoms with Gasteiger partial charge >= 0.3 is 0 Å². The molecule has 5 rings (SSSR count). The van der Waals surface area contributed by atoms with E-state index in [1.165, 1.54) is 37.7 Å². The van der Waals surface area contributed by atoms with E-state index in [1.54, 1.807) is 7.11 Å². The molecule has 0 radical (unpaired) electrons. The lowest BCUT2D eigenvalue weighted by Crippen LogP contribution is -2.29. The number of hydrogen-bond donors (Lipinski definition) is 1. The van der Waals surface area contributed by atoms with Crippen LogP contribution in [0.4, 0.5) is 5.69 Å². The van der Waals surface area contributed by atoms with Crippen LogP contribution in [0.5, 0.6) is 5.75 Å². The second-order valence-corrected chi connectivity index (χ2v) is 9.29. The molecule has 0 spiro atoms. The molecule has 1 aliphatic carbocycles. The molecule has 3 heterocycles. The molecule has 2 aliphatic rings. The molecule has 2 aromatic heterocycles. The van der Waals surface area contributed by atoms with Gasteiger partial charge in [0.15, 0.2) is 5.11 Å². The van der Waals surface area contributed by atoms with E-state index < -0.39 is 0 Å². The number of benzene rings is 1. The molecule has 2 atom stereocenters. The van der Waals surface area contributed by atoms with Gasteiger partial charge in [0.1, 0.15) is 5.75 Å². The van der Waals surface area contributed by atoms with E-state index in [9.17, 15) is 0 Å². The molecule has 166 valence electrons. The number of ether oxygens (including phenoxy) is 1. The zero-order chi connectivity index (χ0) is 22.1. The van der Waals surface area contributed by atoms with Crippen molar-refractivity contribution in [1.82, 2.24) is 14.9 Å². The minimum Gasteiger partial charge on any atom is -0.495 e. The number of hydrogen-bond acceptors (Lipinski definition) is 3. The quantitative estimate of drug-likeness (QED) is 0.451. The summed E-state index contributed by atoms with van der Waals surface area (Å²) >= 11 is 12.3. The summed E-state index contributed by atoms with van der Waals surface area (Å²) in [5.74, 6) is 0.648. The van der Waals surface area contributed by atoms with Gasteiger partial charge in [-0.25, -0.2) is 0 Å². The van der Waals surface area contributed by atoms with Crippen LogP contribution in [-0.4, -0.2) is 21.8 Å². The van der Waals surface area contributed by atoms with Gasteiger partial charge in [0.2, 0.25) is 0 Å². The monoisotopic (exact) mass is 466 g/mol. The molecule has 7 heteroatoms. The van der Waals surface area contributed by atoms with Gasteiger partial charge in [-0.2, -0.15) is 0 Å². The van der Waals surface area contributed by atoms with Gasteiger partial charge < -0.3 is 19.5 Å². The number of methoxy groups -OCH3 is 1. The predicted molar refractivity (Wildman–Crippen MR) is 132 cm³/mol. The van der Waals surface area contributed by atoms with Gasteiger partial charge in [0, 0.05) is 30.3 Å². The van der Waals surface area contributed by atoms with Crippen LogP contribution >= 0.6 is 23.8 Å². The standard InChI is InChI=1S/C25H27ClN4OS/c1-31-22-11-10-19(15-20(22)26)30-24(23(28-25(30)32)21-9-5-6-13-27-21)17-12-14-29(16-17)18-7-3-2-4-8-18/h5-6,9-16,18,23-24H,2-4,7-8H2,1H3,(H,28,32). The lowest BCUT2D eigenvalue weighted by Gasteiger charge is -2.28. The van der Waals surface area contributed by atoms with Crippen LogP contribution in [0.25, 0.3) is 0 Å². The van der Waals surface area contributed by atoms with Crippen molar-refractivity contribution >= 4 is 34.6 Å². The fourth-order valence-electron chi connectivity index (χ4n) is 4.99. The van der Waals surface area contributed by atoms with E-state index in [1.807, 2.05) is 36.5 Å². The van der Waals surface area contributed by atoms with Crippen molar-refractivity contribution in [1.29, 1.82) is 0 Å². The SMILES string of the molecule is COc1ccc(N2C(=S)NC(c3ccccn3)C2c2ccn(C3CCCCC3)c2)cc1Cl. The largest absolute Gasteiger partial charge is 0.495 e. The highest BCUT2D eigenvalue weighted by atomic mass is 35.5. The van der Waals surface area contributed by atoms with Crippen LogP contribution in [0.15, 0.2) is 61.1 Å². The number of nitrogens with one attached hydrogen (secondary N) is 1. The smallest absolute Gasteiger partial charge is 0.174 e. The number of aromatic nitrogens is 2. The van der Waals surface area contributed by atoms with Crippen LogP contribution in [0.1, 0.15) is 61.5 Å². The maximum atomic E-state index is 6.48. The van der Waals surface area contributed by atoms with E-state index in [-0.39, 0.29) is 12.1 Å². The van der Waals surface area contributed by atoms with Crippen molar-refractivity contribution in [3.8, 4) is 5.75 Å². The summed E-state index contributed by atoms with van der Waals surface area (Å²) in [6.07, 6.45) is 12.8. The number of thiocarbonyl (C=S) groups is 1. The first-order valence-electron chi connectivity index (χ1n) is 11.2. The lowest BCUT2D eigenvalue weighted by atomic mass is 9.95. The Morgan fingerprint density at radius 3 is 2.69 bits per heavy atom. The van der Waals surface area contributed by atoms with Crippen molar-refractivity contribution < 1.29 is 4.74 Å². The normalized spacial score (nSPS) is 21.6. The van der Waals surface area contributed by atoms with Gasteiger partial charge in [-0.05, 0) is 67.0 Å². The van der Waals surface area contributed by atoms with E-state index in [4.69, 9.17) is 28.6 Å². The van der Waals surface area contributed by atoms with Crippen molar-refractivity contribution in [2.45, 2.75) is 50.2 Å². The topological polar surface area (TPSA) is 42.3 Å². The molecule has 2 unspecified atom stereocenters. The Hall–Kier alpha value is -2.57. The Balaban J connectivity index is 1.55. The second-order valence-electron chi connectivity index (χ2n) is 8.50. The van der Waals surface area contributed by atoms with Crippen LogP contribution in [0, 0.1) is 0 Å². The summed E-state index contributed by atoms with van der Waals surface area (Å²) in [6, 6.07) is 14.5. The molecule has 5 nitrogen and oxygen atoms in total. The number of anilines is 1. The predicted octanol–water partition coefficient (Wildman–Crippen LogP) is 6.23. The summed E-state index contributed by atoms with van der Waals surface area (Å²) < 4.78 is 7.74. The number of pyridine rings is 1. The molecule has 0 bridgehead atoms. The highest BCUT2D eigenvalue weighted by molar-refractivity contribution is 7.80. The first-order chi connectivity index (χ1) is 15.7. The molecule has 32 heavy (non-hydrogen) atoms. The molecule has 1 aromatic carbocycles. The maximum absolute atomic E-state index is 6.48. The molecule has 0 amide bonds. The Morgan fingerprint density at radius 1 is 1.12 bits per heavy atom. The summed E-state index contributed by atoms with van der Waals surface area (Å²) in [7, 11) is 1.62. The lowest BCUT2D eigenvalue weighted by molar-refractivity contribution is 0.353. The van der Waals surface area contributed by atoms with Crippen molar-refractivity contribution in [3.05, 3.63) is 77.3 Å². The summed E-state index contributed by atoms with van der Waals surface area (Å²) in [6.45, 7) is 0. The van der Waals surface area contributed by atoms with E-state index >= 15 is 0 Å². The first kappa shape index (κ1) is 21.3. The molecule has 1 N–H and O–H groups in total. The Labute approximate surface area is 199 Å². The molecule has 2 fully saturated rings. The molecular weight excluding hydrogens is 440 g/mol. The van der Waals surface area contributed by atoms with Crippen molar-refractivity contribution in [2.75, 3.05) is 12.0 Å². The molecule has 1 aliphatic heterocycles. The third-order valence-corrected chi connectivity index (χ3v) is 7.20. The molecule has 1 saturated carbocycles. The van der Waals surface area contributed by atoms with Gasteiger partial charge in [-0.1, -0.05) is 36.9 Å². The van der Waals surface area contributed by atoms with Crippen molar-refractivity contribution in [2.24, 2.45) is 0 Å². The van der Waals surface area contributed by atoms with Crippen LogP contribution < -0.4 is 15.0 Å². The van der Waals surface area contributed by atoms with Gasteiger partial charge in [-0.15, -0.1) is 0 Å². The maximum Gasteiger partial charge on any atom is 0.174 e.